The first-order valence-electron chi connectivity index (χ1n) is 11.4. The first kappa shape index (κ1) is 23.3. The molecule has 2 aromatic heterocycles. The molecule has 0 unspecified atom stereocenters. The summed E-state index contributed by atoms with van der Waals surface area (Å²) in [5, 5.41) is 11.8. The fourth-order valence-electron chi connectivity index (χ4n) is 4.68. The third-order valence-electron chi connectivity index (χ3n) is 6.28. The molecule has 0 saturated carbocycles. The van der Waals surface area contributed by atoms with Gasteiger partial charge in [0.05, 0.1) is 19.9 Å². The third-order valence-corrected chi connectivity index (χ3v) is 6.28. The highest BCUT2D eigenvalue weighted by molar-refractivity contribution is 6.09. The number of carbonyl (C=O) groups is 2. The molecule has 1 aliphatic rings. The maximum Gasteiger partial charge on any atom is 0.374 e. The van der Waals surface area contributed by atoms with Gasteiger partial charge in [-0.3, -0.25) is 4.98 Å². The van der Waals surface area contributed by atoms with Gasteiger partial charge in [-0.25, -0.2) is 9.59 Å². The summed E-state index contributed by atoms with van der Waals surface area (Å²) < 4.78 is 16.1. The van der Waals surface area contributed by atoms with Crippen molar-refractivity contribution in [1.82, 2.24) is 4.98 Å². The Morgan fingerprint density at radius 1 is 0.944 bits per heavy atom. The molecule has 1 N–H and O–H groups in total. The lowest BCUT2D eigenvalue weighted by molar-refractivity contribution is 0.0529. The molecule has 8 heteroatoms. The second-order valence-electron chi connectivity index (χ2n) is 8.31. The van der Waals surface area contributed by atoms with Crippen LogP contribution in [0.4, 0.5) is 5.69 Å². The highest BCUT2D eigenvalue weighted by Gasteiger charge is 2.43. The van der Waals surface area contributed by atoms with E-state index < -0.39 is 24.1 Å². The highest BCUT2D eigenvalue weighted by Crippen LogP contribution is 2.51. The molecule has 36 heavy (non-hydrogen) atoms. The number of ether oxygens (including phenoxy) is 2. The predicted octanol–water partition coefficient (Wildman–Crippen LogP) is 4.71. The van der Waals surface area contributed by atoms with E-state index in [4.69, 9.17) is 13.9 Å². The Labute approximate surface area is 207 Å². The van der Waals surface area contributed by atoms with E-state index in [0.29, 0.717) is 22.5 Å². The zero-order valence-corrected chi connectivity index (χ0v) is 19.8. The molecule has 1 aliphatic heterocycles. The van der Waals surface area contributed by atoms with Crippen LogP contribution in [-0.2, 0) is 16.0 Å². The molecule has 4 aromatic rings. The summed E-state index contributed by atoms with van der Waals surface area (Å²) in [5.74, 6) is -1.57. The topological polar surface area (TPSA) is 102 Å². The minimum atomic E-state index is -1.03. The number of pyridine rings is 1. The molecule has 0 bridgehead atoms. The monoisotopic (exact) mass is 484 g/mol. The highest BCUT2D eigenvalue weighted by atomic mass is 16.5. The standard InChI is InChI=1S/C28H24N2O6/c1-34-27(32)21-23-25(36-26(21)28(33)35-2)19-13-7-6-12-18(19)24(31)22(20-14-8-9-15-29-20)30(23)16-17-10-4-3-5-11-17/h3-15,22,24,31H,16H2,1-2H3/t22-,24+/m1/s1. The average Bonchev–Trinajstić information content (AvgIpc) is 3.29. The molecule has 2 aromatic carbocycles. The minimum Gasteiger partial charge on any atom is -0.465 e. The number of furan rings is 1. The first-order chi connectivity index (χ1) is 17.5. The van der Waals surface area contributed by atoms with Gasteiger partial charge in [0.25, 0.3) is 0 Å². The number of carbonyl (C=O) groups excluding carboxylic acids is 2. The van der Waals surface area contributed by atoms with E-state index >= 15 is 0 Å². The summed E-state index contributed by atoms with van der Waals surface area (Å²) in [6.45, 7) is 0.282. The van der Waals surface area contributed by atoms with Crippen molar-refractivity contribution in [2.24, 2.45) is 0 Å². The quantitative estimate of drug-likeness (QED) is 0.407. The molecule has 0 spiro atoms. The lowest BCUT2D eigenvalue weighted by atomic mass is 9.95. The fourth-order valence-corrected chi connectivity index (χ4v) is 4.68. The largest absolute Gasteiger partial charge is 0.465 e. The van der Waals surface area contributed by atoms with E-state index in [1.54, 1.807) is 30.5 Å². The number of fused-ring (bicyclic) bond motifs is 3. The van der Waals surface area contributed by atoms with Crippen molar-refractivity contribution >= 4 is 17.6 Å². The second-order valence-corrected chi connectivity index (χ2v) is 8.31. The molecule has 0 amide bonds. The lowest BCUT2D eigenvalue weighted by Gasteiger charge is -2.35. The number of benzene rings is 2. The van der Waals surface area contributed by atoms with Crippen molar-refractivity contribution in [2.45, 2.75) is 18.7 Å². The maximum atomic E-state index is 13.1. The number of hydrogen-bond donors (Lipinski definition) is 1. The molecule has 2 atom stereocenters. The molecule has 0 aliphatic carbocycles. The van der Waals surface area contributed by atoms with Gasteiger partial charge in [-0.15, -0.1) is 0 Å². The Morgan fingerprint density at radius 3 is 2.33 bits per heavy atom. The van der Waals surface area contributed by atoms with Crippen LogP contribution in [0.1, 0.15) is 49.9 Å². The van der Waals surface area contributed by atoms with E-state index in [2.05, 4.69) is 4.98 Å². The van der Waals surface area contributed by atoms with Gasteiger partial charge in [-0.05, 0) is 23.3 Å². The zero-order chi connectivity index (χ0) is 25.2. The average molecular weight is 485 g/mol. The van der Waals surface area contributed by atoms with E-state index in [9.17, 15) is 14.7 Å². The van der Waals surface area contributed by atoms with Crippen molar-refractivity contribution in [3.05, 3.63) is 107 Å². The molecule has 0 radical (unpaired) electrons. The summed E-state index contributed by atoms with van der Waals surface area (Å²) in [6.07, 6.45) is 0.617. The Kier molecular flexibility index (Phi) is 6.26. The molecule has 182 valence electrons. The van der Waals surface area contributed by atoms with Crippen LogP contribution in [0.5, 0.6) is 0 Å². The van der Waals surface area contributed by atoms with Crippen LogP contribution in [0.3, 0.4) is 0 Å². The summed E-state index contributed by atoms with van der Waals surface area (Å²) in [6, 6.07) is 21.5. The van der Waals surface area contributed by atoms with Crippen molar-refractivity contribution < 1.29 is 28.6 Å². The van der Waals surface area contributed by atoms with Crippen LogP contribution in [0.25, 0.3) is 11.3 Å². The summed E-state index contributed by atoms with van der Waals surface area (Å²) >= 11 is 0. The summed E-state index contributed by atoms with van der Waals surface area (Å²) in [7, 11) is 2.45. The molecule has 3 heterocycles. The summed E-state index contributed by atoms with van der Waals surface area (Å²) in [5.41, 5.74) is 2.88. The van der Waals surface area contributed by atoms with Crippen LogP contribution in [-0.4, -0.2) is 36.2 Å². The van der Waals surface area contributed by atoms with E-state index in [0.717, 1.165) is 5.56 Å². The van der Waals surface area contributed by atoms with E-state index in [-0.39, 0.29) is 23.6 Å². The predicted molar refractivity (Wildman–Crippen MR) is 131 cm³/mol. The first-order valence-corrected chi connectivity index (χ1v) is 11.4. The number of esters is 2. The van der Waals surface area contributed by atoms with Crippen molar-refractivity contribution in [2.75, 3.05) is 19.1 Å². The minimum absolute atomic E-state index is 0.0693. The van der Waals surface area contributed by atoms with E-state index in [1.807, 2.05) is 53.4 Å². The SMILES string of the molecule is COC(=O)c1oc2c(c1C(=O)OC)N(Cc1ccccc1)[C@H](c1ccccn1)[C@@H](O)c1ccccc1-2. The van der Waals surface area contributed by atoms with Gasteiger partial charge in [-0.2, -0.15) is 0 Å². The van der Waals surface area contributed by atoms with Crippen LogP contribution in [0.2, 0.25) is 0 Å². The maximum absolute atomic E-state index is 13.1. The van der Waals surface area contributed by atoms with Crippen LogP contribution in [0, 0.1) is 0 Å². The Hall–Kier alpha value is -4.43. The number of rotatable bonds is 5. The van der Waals surface area contributed by atoms with Gasteiger partial charge >= 0.3 is 11.9 Å². The van der Waals surface area contributed by atoms with Gasteiger partial charge in [0.2, 0.25) is 5.76 Å². The number of aliphatic hydroxyl groups excluding tert-OH is 1. The zero-order valence-electron chi connectivity index (χ0n) is 19.8. The third kappa shape index (κ3) is 3.91. The molecular weight excluding hydrogens is 460 g/mol. The Balaban J connectivity index is 1.87. The fraction of sp³-hybridized carbons (Fsp3) is 0.179. The molecule has 5 rings (SSSR count). The van der Waals surface area contributed by atoms with E-state index in [1.165, 1.54) is 14.2 Å². The molecule has 0 saturated heterocycles. The van der Waals surface area contributed by atoms with Gasteiger partial charge in [-0.1, -0.05) is 60.7 Å². The molecule has 0 fully saturated rings. The van der Waals surface area contributed by atoms with Crippen molar-refractivity contribution in [3.8, 4) is 11.3 Å². The Bertz CT molecular complexity index is 1400. The van der Waals surface area contributed by atoms with Gasteiger partial charge in [0.15, 0.2) is 5.76 Å². The molecule has 8 nitrogen and oxygen atoms in total. The van der Waals surface area contributed by atoms with Crippen molar-refractivity contribution in [3.63, 3.8) is 0 Å². The normalized spacial score (nSPS) is 16.5. The number of hydrogen-bond acceptors (Lipinski definition) is 8. The number of aliphatic hydroxyl groups is 1. The summed E-state index contributed by atoms with van der Waals surface area (Å²) in [4.78, 5) is 32.3. The Morgan fingerprint density at radius 2 is 1.64 bits per heavy atom. The van der Waals surface area contributed by atoms with Gasteiger partial charge < -0.3 is 23.9 Å². The van der Waals surface area contributed by atoms with Gasteiger partial charge in [0, 0.05) is 18.3 Å². The van der Waals surface area contributed by atoms with Crippen LogP contribution < -0.4 is 4.90 Å². The number of aromatic nitrogens is 1. The van der Waals surface area contributed by atoms with Gasteiger partial charge in [0.1, 0.15) is 23.4 Å². The van der Waals surface area contributed by atoms with Crippen molar-refractivity contribution in [1.29, 1.82) is 0 Å². The molecular formula is C28H24N2O6. The van der Waals surface area contributed by atoms with Crippen LogP contribution >= 0.6 is 0 Å². The number of anilines is 1. The smallest absolute Gasteiger partial charge is 0.374 e. The lowest BCUT2D eigenvalue weighted by Crippen LogP contribution is -2.33. The van der Waals surface area contributed by atoms with Crippen LogP contribution in [0.15, 0.2) is 83.4 Å². The second kappa shape index (κ2) is 9.67. The number of nitrogens with zero attached hydrogens (tertiary/aromatic N) is 2. The number of methoxy groups -OCH3 is 2.